The molecule has 0 rings (SSSR count). The number of hydrogen-bond acceptors (Lipinski definition) is 13. The van der Waals surface area contributed by atoms with Crippen LogP contribution in [0.2, 0.25) is 0 Å². The summed E-state index contributed by atoms with van der Waals surface area (Å²) in [6.07, 6.45) is -6.45. The molecule has 0 bridgehead atoms. The van der Waals surface area contributed by atoms with Gasteiger partial charge in [-0.2, -0.15) is 0 Å². The van der Waals surface area contributed by atoms with Crippen LogP contribution in [0.5, 0.6) is 0 Å². The van der Waals surface area contributed by atoms with Crippen LogP contribution in [0.4, 0.5) is 0 Å². The molecule has 0 radical (unpaired) electrons. The van der Waals surface area contributed by atoms with E-state index in [1.54, 1.807) is 0 Å². The summed E-state index contributed by atoms with van der Waals surface area (Å²) in [7, 11) is -9.84. The quantitative estimate of drug-likeness (QED) is 0.0835. The minimum Gasteiger partial charge on any atom is -0.756 e. The molecule has 0 aliphatic heterocycles. The predicted octanol–water partition coefficient (Wildman–Crippen LogP) is -0.962. The monoisotopic (exact) mass is 518 g/mol. The van der Waals surface area contributed by atoms with Gasteiger partial charge in [-0.15, -0.1) is 0 Å². The van der Waals surface area contributed by atoms with Gasteiger partial charge < -0.3 is 53.9 Å². The Morgan fingerprint density at radius 2 is 1.55 bits per heavy atom. The third kappa shape index (κ3) is 14.6. The summed E-state index contributed by atoms with van der Waals surface area (Å²) < 4.78 is 42.2. The van der Waals surface area contributed by atoms with Crippen LogP contribution in [0.25, 0.3) is 0 Å². The first-order valence-electron chi connectivity index (χ1n) is 9.88. The molecule has 0 aliphatic rings. The molecule has 33 heavy (non-hydrogen) atoms. The molecule has 6 atom stereocenters. The molecule has 5 N–H and O–H groups in total. The van der Waals surface area contributed by atoms with E-state index in [-0.39, 0.29) is 5.70 Å². The summed E-state index contributed by atoms with van der Waals surface area (Å²) in [6.45, 7) is 6.08. The molecule has 3 unspecified atom stereocenters. The maximum atomic E-state index is 12.0. The number of aliphatic hydroxyl groups excluding tert-OH is 2. The Morgan fingerprint density at radius 3 is 2.03 bits per heavy atom. The Bertz CT molecular complexity index is 760. The summed E-state index contributed by atoms with van der Waals surface area (Å²) >= 11 is 0. The highest BCUT2D eigenvalue weighted by atomic mass is 31.2. The van der Waals surface area contributed by atoms with E-state index in [1.165, 1.54) is 34.6 Å². The molecule has 0 spiro atoms. The lowest BCUT2D eigenvalue weighted by molar-refractivity contribution is -0.239. The van der Waals surface area contributed by atoms with Crippen molar-refractivity contribution in [2.45, 2.75) is 71.7 Å². The molecule has 194 valence electrons. The average Bonchev–Trinajstić information content (AvgIpc) is 2.62. The molecule has 0 saturated heterocycles. The van der Waals surface area contributed by atoms with E-state index in [4.69, 9.17) is 10.3 Å². The second-order valence-corrected chi connectivity index (χ2v) is 10.2. The van der Waals surface area contributed by atoms with Crippen molar-refractivity contribution in [1.82, 2.24) is 5.32 Å². The first-order chi connectivity index (χ1) is 15.0. The highest BCUT2D eigenvalue weighted by molar-refractivity contribution is 7.46. The van der Waals surface area contributed by atoms with Gasteiger partial charge in [0.2, 0.25) is 5.91 Å². The third-order valence-corrected chi connectivity index (χ3v) is 5.92. The largest absolute Gasteiger partial charge is 0.756 e. The fourth-order valence-corrected chi connectivity index (χ4v) is 4.17. The lowest BCUT2D eigenvalue weighted by Crippen LogP contribution is -2.42. The molecule has 0 heterocycles. The average molecular weight is 518 g/mol. The number of aliphatic hydroxyl groups is 2. The number of nitrogens with two attached hydrogens (primary N) is 1. The summed E-state index contributed by atoms with van der Waals surface area (Å²) in [5.41, 5.74) is 5.45. The van der Waals surface area contributed by atoms with Crippen molar-refractivity contribution in [3.05, 3.63) is 11.8 Å². The molecule has 0 saturated carbocycles. The number of phosphoric ester groups is 2. The molecule has 16 heteroatoms. The second kappa shape index (κ2) is 14.3. The Labute approximate surface area is 192 Å². The number of phosphoric acid groups is 2. The smallest absolute Gasteiger partial charge is 0.268 e. The first-order valence-corrected chi connectivity index (χ1v) is 12.8. The fraction of sp³-hybridized carbons (Fsp3) is 0.765. The van der Waals surface area contributed by atoms with Crippen LogP contribution in [0, 0.1) is 5.92 Å². The van der Waals surface area contributed by atoms with Crippen molar-refractivity contribution in [1.29, 1.82) is 0 Å². The maximum absolute atomic E-state index is 12.0. The number of amides is 1. The van der Waals surface area contributed by atoms with Crippen LogP contribution in [0.1, 0.15) is 41.0 Å². The van der Waals surface area contributed by atoms with Gasteiger partial charge in [0.05, 0.1) is 30.8 Å². The summed E-state index contributed by atoms with van der Waals surface area (Å²) in [5, 5.41) is 22.4. The molecule has 0 aliphatic carbocycles. The summed E-state index contributed by atoms with van der Waals surface area (Å²) in [5.74, 6) is -1.69. The highest BCUT2D eigenvalue weighted by Crippen LogP contribution is 2.44. The minimum absolute atomic E-state index is 0.0957. The number of hydrogen-bond donors (Lipinski definition) is 4. The van der Waals surface area contributed by atoms with Gasteiger partial charge in [0.25, 0.3) is 15.6 Å². The van der Waals surface area contributed by atoms with Gasteiger partial charge in [-0.3, -0.25) is 13.9 Å². The third-order valence-electron chi connectivity index (χ3n) is 3.57. The van der Waals surface area contributed by atoms with Gasteiger partial charge in [-0.1, -0.05) is 6.92 Å². The Balaban J connectivity index is 5.37. The SMILES string of the molecule is CC(C)OP(=O)([O-])OC[C@@H](O)[C@@H](C[C@H](O)NC(=O)/C=C(/N)C(C)C=O)OP(=O)([O-])OC(C)C. The number of carbonyl (C=O) groups excluding carboxylic acids is 2. The zero-order chi connectivity index (χ0) is 26.0. The Hall–Kier alpha value is -1.18. The van der Waals surface area contributed by atoms with Crippen LogP contribution in [-0.2, 0) is 36.8 Å². The zero-order valence-electron chi connectivity index (χ0n) is 19.0. The van der Waals surface area contributed by atoms with E-state index < -0.39 is 71.1 Å². The molecule has 1 amide bonds. The van der Waals surface area contributed by atoms with Gasteiger partial charge in [-0.25, -0.2) is 0 Å². The van der Waals surface area contributed by atoms with Crippen molar-refractivity contribution in [2.75, 3.05) is 6.61 Å². The summed E-state index contributed by atoms with van der Waals surface area (Å²) in [4.78, 5) is 46.3. The molecule has 0 aromatic carbocycles. The van der Waals surface area contributed by atoms with Crippen molar-refractivity contribution >= 4 is 27.8 Å². The topological polar surface area (TPSA) is 230 Å². The standard InChI is InChI=1S/C17H34N2O12P2/c1-10(2)29-32(24,25)28-9-14(21)15(31-33(26,27)30-11(3)4)7-17(23)19-16(22)6-13(18)12(5)8-20/h6,8,10-12,14-15,17,21,23H,7,9,18H2,1-5H3,(H,19,22)(H,24,25)(H,26,27)/p-2/b13-6+/t12?,14-,15-,17+/m1/s1. The number of nitrogens with one attached hydrogen (secondary N) is 1. The van der Waals surface area contributed by atoms with E-state index in [1.807, 2.05) is 5.32 Å². The van der Waals surface area contributed by atoms with Crippen LogP contribution in [0.3, 0.4) is 0 Å². The zero-order valence-corrected chi connectivity index (χ0v) is 20.8. The van der Waals surface area contributed by atoms with Crippen LogP contribution >= 0.6 is 15.6 Å². The molecule has 0 aromatic heterocycles. The molecule has 14 nitrogen and oxygen atoms in total. The summed E-state index contributed by atoms with van der Waals surface area (Å²) in [6, 6.07) is 0. The number of carbonyl (C=O) groups is 2. The molecule has 0 fully saturated rings. The van der Waals surface area contributed by atoms with Gasteiger partial charge in [0, 0.05) is 18.2 Å². The fourth-order valence-electron chi connectivity index (χ4n) is 2.13. The molecule has 0 aromatic rings. The van der Waals surface area contributed by atoms with Gasteiger partial charge in [-0.05, 0) is 27.7 Å². The molecular formula is C17H32N2O12P2-2. The first kappa shape index (κ1) is 31.8. The van der Waals surface area contributed by atoms with Gasteiger partial charge in [0.1, 0.15) is 18.6 Å². The minimum atomic E-state index is -5.01. The van der Waals surface area contributed by atoms with Crippen LogP contribution in [-0.4, -0.2) is 59.7 Å². The normalized spacial score (nSPS) is 19.9. The van der Waals surface area contributed by atoms with E-state index >= 15 is 0 Å². The number of aldehydes is 1. The highest BCUT2D eigenvalue weighted by Gasteiger charge is 2.30. The van der Waals surface area contributed by atoms with Crippen molar-refractivity contribution in [3.63, 3.8) is 0 Å². The maximum Gasteiger partial charge on any atom is 0.268 e. The van der Waals surface area contributed by atoms with Crippen LogP contribution < -0.4 is 20.8 Å². The predicted molar refractivity (Wildman–Crippen MR) is 111 cm³/mol. The number of rotatable bonds is 16. The van der Waals surface area contributed by atoms with Crippen LogP contribution in [0.15, 0.2) is 11.8 Å². The number of allylic oxidation sites excluding steroid dienone is 1. The Morgan fingerprint density at radius 1 is 1.03 bits per heavy atom. The van der Waals surface area contributed by atoms with Crippen molar-refractivity contribution in [2.24, 2.45) is 11.7 Å². The lowest BCUT2D eigenvalue weighted by atomic mass is 10.1. The lowest BCUT2D eigenvalue weighted by Gasteiger charge is -2.33. The van der Waals surface area contributed by atoms with Crippen molar-refractivity contribution < 1.29 is 56.8 Å². The van der Waals surface area contributed by atoms with Gasteiger partial charge >= 0.3 is 0 Å². The van der Waals surface area contributed by atoms with Crippen molar-refractivity contribution in [3.8, 4) is 0 Å². The van der Waals surface area contributed by atoms with E-state index in [0.717, 1.165) is 6.08 Å². The van der Waals surface area contributed by atoms with E-state index in [2.05, 4.69) is 13.6 Å². The Kier molecular flexibility index (Phi) is 13.8. The van der Waals surface area contributed by atoms with E-state index in [9.17, 15) is 38.7 Å². The second-order valence-electron chi connectivity index (χ2n) is 7.54. The van der Waals surface area contributed by atoms with Gasteiger partial charge in [0.15, 0.2) is 0 Å². The van der Waals surface area contributed by atoms with E-state index in [0.29, 0.717) is 6.29 Å². The molecular weight excluding hydrogens is 486 g/mol.